The molecule has 1 aromatic heterocycles. The summed E-state index contributed by atoms with van der Waals surface area (Å²) in [5, 5.41) is 0. The van der Waals surface area contributed by atoms with Gasteiger partial charge in [0.05, 0.1) is 6.61 Å². The molecule has 0 radical (unpaired) electrons. The van der Waals surface area contributed by atoms with Crippen molar-refractivity contribution < 1.29 is 4.74 Å². The molecule has 1 unspecified atom stereocenters. The average Bonchev–Trinajstić information content (AvgIpc) is 2.71. The molecule has 0 saturated carbocycles. The van der Waals surface area contributed by atoms with Crippen molar-refractivity contribution in [1.82, 2.24) is 9.97 Å². The summed E-state index contributed by atoms with van der Waals surface area (Å²) < 4.78 is 5.31. The molecule has 1 fully saturated rings. The van der Waals surface area contributed by atoms with Crippen LogP contribution in [0.2, 0.25) is 0 Å². The number of nitrogens with two attached hydrogens (primary N) is 1. The molecule has 76 valence electrons. The van der Waals surface area contributed by atoms with Crippen molar-refractivity contribution in [2.24, 2.45) is 5.73 Å². The van der Waals surface area contributed by atoms with E-state index in [0.717, 1.165) is 37.6 Å². The van der Waals surface area contributed by atoms with Crippen molar-refractivity contribution in [2.75, 3.05) is 19.8 Å². The zero-order chi connectivity index (χ0) is 9.80. The van der Waals surface area contributed by atoms with Crippen molar-refractivity contribution in [3.63, 3.8) is 0 Å². The molecule has 0 bridgehead atoms. The summed E-state index contributed by atoms with van der Waals surface area (Å²) in [4.78, 5) is 8.75. The van der Waals surface area contributed by atoms with Gasteiger partial charge in [-0.05, 0) is 19.0 Å². The third kappa shape index (κ3) is 2.08. The lowest BCUT2D eigenvalue weighted by atomic mass is 10.1. The minimum atomic E-state index is 0.382. The van der Waals surface area contributed by atoms with E-state index in [2.05, 4.69) is 9.97 Å². The van der Waals surface area contributed by atoms with Crippen molar-refractivity contribution >= 4 is 0 Å². The lowest BCUT2D eigenvalue weighted by Gasteiger charge is -2.06. The van der Waals surface area contributed by atoms with Gasteiger partial charge >= 0.3 is 0 Å². The van der Waals surface area contributed by atoms with Gasteiger partial charge in [0.2, 0.25) is 0 Å². The number of ether oxygens (including phenoxy) is 1. The lowest BCUT2D eigenvalue weighted by Crippen LogP contribution is -2.09. The number of hydrogen-bond acceptors (Lipinski definition) is 4. The number of nitrogens with zero attached hydrogens (tertiary/aromatic N) is 2. The molecule has 0 spiro atoms. The zero-order valence-electron chi connectivity index (χ0n) is 8.15. The van der Waals surface area contributed by atoms with Gasteiger partial charge in [0.25, 0.3) is 0 Å². The summed E-state index contributed by atoms with van der Waals surface area (Å²) in [5.74, 6) is 1.29. The van der Waals surface area contributed by atoms with Crippen LogP contribution in [0.3, 0.4) is 0 Å². The first-order valence-corrected chi connectivity index (χ1v) is 5.00. The molecule has 2 heterocycles. The molecule has 1 aliphatic rings. The van der Waals surface area contributed by atoms with Crippen molar-refractivity contribution in [2.45, 2.75) is 18.8 Å². The van der Waals surface area contributed by atoms with E-state index in [-0.39, 0.29) is 0 Å². The van der Waals surface area contributed by atoms with E-state index in [4.69, 9.17) is 10.5 Å². The molecule has 14 heavy (non-hydrogen) atoms. The number of aromatic nitrogens is 2. The van der Waals surface area contributed by atoms with Gasteiger partial charge in [-0.1, -0.05) is 0 Å². The van der Waals surface area contributed by atoms with Crippen LogP contribution < -0.4 is 5.73 Å². The fourth-order valence-corrected chi connectivity index (χ4v) is 1.63. The van der Waals surface area contributed by atoms with Gasteiger partial charge in [-0.25, -0.2) is 9.97 Å². The highest BCUT2D eigenvalue weighted by Gasteiger charge is 2.20. The predicted molar refractivity (Wildman–Crippen MR) is 53.0 cm³/mol. The molecular formula is C10H15N3O. The van der Waals surface area contributed by atoms with Crippen LogP contribution in [0.4, 0.5) is 0 Å². The van der Waals surface area contributed by atoms with Crippen molar-refractivity contribution in [1.29, 1.82) is 0 Å². The molecule has 1 atom stereocenters. The molecule has 1 saturated heterocycles. The van der Waals surface area contributed by atoms with Crippen LogP contribution in [0, 0.1) is 0 Å². The molecule has 2 rings (SSSR count). The lowest BCUT2D eigenvalue weighted by molar-refractivity contribution is 0.193. The maximum atomic E-state index is 5.48. The molecule has 1 aromatic rings. The maximum absolute atomic E-state index is 5.48. The van der Waals surface area contributed by atoms with Gasteiger partial charge in [-0.3, -0.25) is 0 Å². The van der Waals surface area contributed by atoms with E-state index in [1.807, 2.05) is 12.3 Å². The first kappa shape index (κ1) is 9.55. The van der Waals surface area contributed by atoms with E-state index in [0.29, 0.717) is 12.5 Å². The fourth-order valence-electron chi connectivity index (χ4n) is 1.63. The quantitative estimate of drug-likeness (QED) is 0.758. The Morgan fingerprint density at radius 1 is 1.57 bits per heavy atom. The minimum Gasteiger partial charge on any atom is -0.381 e. The molecule has 0 aromatic carbocycles. The van der Waals surface area contributed by atoms with Crippen LogP contribution in [0.15, 0.2) is 12.3 Å². The minimum absolute atomic E-state index is 0.382. The maximum Gasteiger partial charge on any atom is 0.133 e. The van der Waals surface area contributed by atoms with Crippen LogP contribution in [0.5, 0.6) is 0 Å². The first-order valence-electron chi connectivity index (χ1n) is 5.00. The molecule has 0 aliphatic carbocycles. The fraction of sp³-hybridized carbons (Fsp3) is 0.600. The number of rotatable bonds is 3. The molecule has 2 N–H and O–H groups in total. The third-order valence-corrected chi connectivity index (χ3v) is 2.43. The smallest absolute Gasteiger partial charge is 0.133 e. The van der Waals surface area contributed by atoms with Crippen molar-refractivity contribution in [3.05, 3.63) is 23.8 Å². The standard InChI is InChI=1S/C10H15N3O/c11-4-1-9-2-5-12-10(13-9)8-3-6-14-7-8/h2,5,8H,1,3-4,6-7,11H2. The Kier molecular flexibility index (Phi) is 3.06. The Morgan fingerprint density at radius 2 is 2.50 bits per heavy atom. The van der Waals surface area contributed by atoms with Gasteiger partial charge in [0, 0.05) is 30.8 Å². The highest BCUT2D eigenvalue weighted by atomic mass is 16.5. The van der Waals surface area contributed by atoms with E-state index >= 15 is 0 Å². The van der Waals surface area contributed by atoms with E-state index in [9.17, 15) is 0 Å². The second kappa shape index (κ2) is 4.48. The summed E-state index contributed by atoms with van der Waals surface area (Å²) in [6.45, 7) is 2.22. The molecule has 4 heteroatoms. The van der Waals surface area contributed by atoms with E-state index in [1.54, 1.807) is 0 Å². The largest absolute Gasteiger partial charge is 0.381 e. The van der Waals surface area contributed by atoms with Gasteiger partial charge in [0.1, 0.15) is 5.82 Å². The molecule has 4 nitrogen and oxygen atoms in total. The average molecular weight is 193 g/mol. The summed E-state index contributed by atoms with van der Waals surface area (Å²) in [7, 11) is 0. The highest BCUT2D eigenvalue weighted by Crippen LogP contribution is 2.21. The molecular weight excluding hydrogens is 178 g/mol. The molecule has 1 aliphatic heterocycles. The van der Waals surface area contributed by atoms with Crippen LogP contribution in [0.25, 0.3) is 0 Å². The Labute approximate surface area is 83.5 Å². The first-order chi connectivity index (χ1) is 6.90. The Hall–Kier alpha value is -1.00. The number of hydrogen-bond donors (Lipinski definition) is 1. The summed E-state index contributed by atoms with van der Waals surface area (Å²) >= 11 is 0. The highest BCUT2D eigenvalue weighted by molar-refractivity contribution is 5.07. The van der Waals surface area contributed by atoms with E-state index < -0.39 is 0 Å². The monoisotopic (exact) mass is 193 g/mol. The topological polar surface area (TPSA) is 61.0 Å². The third-order valence-electron chi connectivity index (χ3n) is 2.43. The summed E-state index contributed by atoms with van der Waals surface area (Å²) in [6.07, 6.45) is 3.67. The Bertz CT molecular complexity index is 297. The predicted octanol–water partition coefficient (Wildman–Crippen LogP) is 0.482. The van der Waals surface area contributed by atoms with E-state index in [1.165, 1.54) is 0 Å². The van der Waals surface area contributed by atoms with Gasteiger partial charge in [0.15, 0.2) is 0 Å². The van der Waals surface area contributed by atoms with Crippen molar-refractivity contribution in [3.8, 4) is 0 Å². The van der Waals surface area contributed by atoms with Gasteiger partial charge < -0.3 is 10.5 Å². The van der Waals surface area contributed by atoms with Crippen LogP contribution in [0.1, 0.15) is 23.9 Å². The normalized spacial score (nSPS) is 21.4. The zero-order valence-corrected chi connectivity index (χ0v) is 8.15. The second-order valence-electron chi connectivity index (χ2n) is 3.51. The second-order valence-corrected chi connectivity index (χ2v) is 3.51. The van der Waals surface area contributed by atoms with Gasteiger partial charge in [-0.15, -0.1) is 0 Å². The van der Waals surface area contributed by atoms with Gasteiger partial charge in [-0.2, -0.15) is 0 Å². The molecule has 0 amide bonds. The Morgan fingerprint density at radius 3 is 3.21 bits per heavy atom. The summed E-state index contributed by atoms with van der Waals surface area (Å²) in [6, 6.07) is 1.92. The van der Waals surface area contributed by atoms with Crippen LogP contribution in [-0.2, 0) is 11.2 Å². The van der Waals surface area contributed by atoms with Crippen LogP contribution in [-0.4, -0.2) is 29.7 Å². The SMILES string of the molecule is NCCc1ccnc(C2CCOC2)n1. The summed E-state index contributed by atoms with van der Waals surface area (Å²) in [5.41, 5.74) is 6.51. The van der Waals surface area contributed by atoms with Crippen LogP contribution >= 0.6 is 0 Å². The Balaban J connectivity index is 2.12.